The Morgan fingerprint density at radius 3 is 3.09 bits per heavy atom. The van der Waals surface area contributed by atoms with Gasteiger partial charge < -0.3 is 4.42 Å². The van der Waals surface area contributed by atoms with Gasteiger partial charge in [-0.25, -0.2) is 9.97 Å². The lowest BCUT2D eigenvalue weighted by molar-refractivity contribution is 0.560. The van der Waals surface area contributed by atoms with Crippen LogP contribution < -0.4 is 5.43 Å². The van der Waals surface area contributed by atoms with E-state index in [2.05, 4.69) is 20.5 Å². The highest BCUT2D eigenvalue weighted by molar-refractivity contribution is 7.19. The first-order valence-electron chi connectivity index (χ1n) is 7.43. The molecule has 0 amide bonds. The van der Waals surface area contributed by atoms with Crippen molar-refractivity contribution in [2.24, 2.45) is 5.10 Å². The van der Waals surface area contributed by atoms with E-state index in [1.807, 2.05) is 19.1 Å². The number of thiophene rings is 1. The number of aryl methyl sites for hydroxylation is 3. The van der Waals surface area contributed by atoms with Crippen LogP contribution in [-0.2, 0) is 12.8 Å². The number of nitrogens with zero attached hydrogens (tertiary/aromatic N) is 3. The summed E-state index contributed by atoms with van der Waals surface area (Å²) in [7, 11) is 0. The monoisotopic (exact) mass is 312 g/mol. The molecule has 0 aromatic carbocycles. The van der Waals surface area contributed by atoms with Gasteiger partial charge in [0, 0.05) is 4.88 Å². The Hall–Kier alpha value is -2.21. The third-order valence-electron chi connectivity index (χ3n) is 3.83. The molecule has 6 heteroatoms. The number of fused-ring (bicyclic) bond motifs is 3. The van der Waals surface area contributed by atoms with Gasteiger partial charge in [-0.3, -0.25) is 5.43 Å². The van der Waals surface area contributed by atoms with Gasteiger partial charge in [-0.15, -0.1) is 11.3 Å². The Kier molecular flexibility index (Phi) is 3.38. The molecule has 1 N–H and O–H groups in total. The summed E-state index contributed by atoms with van der Waals surface area (Å²) >= 11 is 1.80. The van der Waals surface area contributed by atoms with Crippen molar-refractivity contribution < 1.29 is 4.42 Å². The lowest BCUT2D eigenvalue weighted by Crippen LogP contribution is -2.02. The first-order chi connectivity index (χ1) is 10.8. The summed E-state index contributed by atoms with van der Waals surface area (Å²) < 4.78 is 5.24. The Morgan fingerprint density at radius 2 is 2.23 bits per heavy atom. The Morgan fingerprint density at radius 1 is 1.32 bits per heavy atom. The van der Waals surface area contributed by atoms with E-state index in [1.54, 1.807) is 23.8 Å². The average Bonchev–Trinajstić information content (AvgIpc) is 3.13. The normalized spacial score (nSPS) is 14.6. The van der Waals surface area contributed by atoms with Crippen LogP contribution in [0.1, 0.15) is 34.9 Å². The molecule has 3 heterocycles. The fourth-order valence-corrected chi connectivity index (χ4v) is 4.17. The predicted molar refractivity (Wildman–Crippen MR) is 88.7 cm³/mol. The number of nitrogens with one attached hydrogen (secondary N) is 1. The van der Waals surface area contributed by atoms with Crippen LogP contribution >= 0.6 is 11.3 Å². The Balaban J connectivity index is 1.74. The van der Waals surface area contributed by atoms with Gasteiger partial charge >= 0.3 is 0 Å². The summed E-state index contributed by atoms with van der Waals surface area (Å²) in [4.78, 5) is 11.7. The Bertz CT molecular complexity index is 836. The highest BCUT2D eigenvalue weighted by Crippen LogP contribution is 2.38. The zero-order valence-electron chi connectivity index (χ0n) is 12.3. The van der Waals surface area contributed by atoms with Crippen molar-refractivity contribution in [2.45, 2.75) is 32.6 Å². The lowest BCUT2D eigenvalue weighted by Gasteiger charge is -2.11. The van der Waals surface area contributed by atoms with Crippen molar-refractivity contribution in [3.63, 3.8) is 0 Å². The molecule has 0 atom stereocenters. The first kappa shape index (κ1) is 13.5. The fraction of sp³-hybridized carbons (Fsp3) is 0.312. The van der Waals surface area contributed by atoms with Crippen LogP contribution in [0.25, 0.3) is 10.2 Å². The molecule has 5 nitrogen and oxygen atoms in total. The summed E-state index contributed by atoms with van der Waals surface area (Å²) in [5.41, 5.74) is 4.47. The van der Waals surface area contributed by atoms with E-state index in [0.29, 0.717) is 5.76 Å². The van der Waals surface area contributed by atoms with E-state index in [4.69, 9.17) is 4.42 Å². The topological polar surface area (TPSA) is 63.3 Å². The predicted octanol–water partition coefficient (Wildman–Crippen LogP) is 3.92. The maximum absolute atomic E-state index is 5.24. The quantitative estimate of drug-likeness (QED) is 0.588. The van der Waals surface area contributed by atoms with Crippen molar-refractivity contribution in [2.75, 3.05) is 5.43 Å². The Labute approximate surface area is 132 Å². The first-order valence-corrected chi connectivity index (χ1v) is 8.24. The summed E-state index contributed by atoms with van der Waals surface area (Å²) in [6.45, 7) is 1.92. The van der Waals surface area contributed by atoms with Crippen LogP contribution in [0.3, 0.4) is 0 Å². The average molecular weight is 312 g/mol. The molecule has 0 saturated heterocycles. The van der Waals surface area contributed by atoms with Crippen molar-refractivity contribution in [3.05, 3.63) is 40.4 Å². The molecule has 0 bridgehead atoms. The van der Waals surface area contributed by atoms with Crippen molar-refractivity contribution in [3.8, 4) is 0 Å². The number of rotatable bonds is 3. The molecular weight excluding hydrogens is 296 g/mol. The molecule has 1 aliphatic rings. The molecule has 0 spiro atoms. The minimum absolute atomic E-state index is 0.710. The van der Waals surface area contributed by atoms with E-state index in [0.717, 1.165) is 34.7 Å². The van der Waals surface area contributed by atoms with Gasteiger partial charge in [0.15, 0.2) is 5.82 Å². The zero-order valence-corrected chi connectivity index (χ0v) is 13.1. The molecule has 1 aliphatic carbocycles. The highest BCUT2D eigenvalue weighted by atomic mass is 32.1. The van der Waals surface area contributed by atoms with Crippen LogP contribution in [0.5, 0.6) is 0 Å². The molecule has 112 valence electrons. The van der Waals surface area contributed by atoms with Gasteiger partial charge in [0.2, 0.25) is 0 Å². The smallest absolute Gasteiger partial charge is 0.158 e. The minimum Gasteiger partial charge on any atom is -0.463 e. The number of hydrazone groups is 1. The van der Waals surface area contributed by atoms with E-state index >= 15 is 0 Å². The number of anilines is 1. The third-order valence-corrected chi connectivity index (χ3v) is 5.02. The molecule has 0 fully saturated rings. The van der Waals surface area contributed by atoms with Gasteiger partial charge in [-0.1, -0.05) is 0 Å². The third kappa shape index (κ3) is 2.39. The summed E-state index contributed by atoms with van der Waals surface area (Å²) in [6, 6.07) is 3.70. The van der Waals surface area contributed by atoms with Crippen LogP contribution in [0.2, 0.25) is 0 Å². The van der Waals surface area contributed by atoms with E-state index < -0.39 is 0 Å². The molecule has 0 saturated carbocycles. The largest absolute Gasteiger partial charge is 0.463 e. The zero-order chi connectivity index (χ0) is 14.9. The van der Waals surface area contributed by atoms with Crippen LogP contribution in [0, 0.1) is 6.92 Å². The molecule has 0 aliphatic heterocycles. The lowest BCUT2D eigenvalue weighted by atomic mass is 9.97. The summed E-state index contributed by atoms with van der Waals surface area (Å²) in [5, 5.41) is 5.39. The second-order valence-electron chi connectivity index (χ2n) is 5.40. The van der Waals surface area contributed by atoms with E-state index in [9.17, 15) is 0 Å². The molecule has 4 rings (SSSR count). The molecule has 0 radical (unpaired) electrons. The maximum atomic E-state index is 5.24. The van der Waals surface area contributed by atoms with Gasteiger partial charge in [-0.2, -0.15) is 5.10 Å². The van der Waals surface area contributed by atoms with E-state index in [-0.39, 0.29) is 0 Å². The molecule has 0 unspecified atom stereocenters. The molecule has 3 aromatic heterocycles. The maximum Gasteiger partial charge on any atom is 0.158 e. The number of hydrogen-bond donors (Lipinski definition) is 1. The highest BCUT2D eigenvalue weighted by Gasteiger charge is 2.20. The standard InChI is InChI=1S/C16H16N4OS/c1-10-18-15(20-17-9-11-5-4-8-21-11)14-12-6-2-3-7-13(12)22-16(14)19-10/h4-5,8-9H,2-3,6-7H2,1H3,(H,18,19,20)/b17-9+. The van der Waals surface area contributed by atoms with Crippen molar-refractivity contribution in [1.29, 1.82) is 0 Å². The molecule has 3 aromatic rings. The van der Waals surface area contributed by atoms with Gasteiger partial charge in [0.1, 0.15) is 16.4 Å². The summed E-state index contributed by atoms with van der Waals surface area (Å²) in [5.74, 6) is 2.27. The second kappa shape index (κ2) is 5.53. The van der Waals surface area contributed by atoms with Crippen LogP contribution in [0.4, 0.5) is 5.82 Å². The van der Waals surface area contributed by atoms with Crippen LogP contribution in [-0.4, -0.2) is 16.2 Å². The van der Waals surface area contributed by atoms with Crippen LogP contribution in [0.15, 0.2) is 27.9 Å². The van der Waals surface area contributed by atoms with Crippen molar-refractivity contribution >= 4 is 33.6 Å². The van der Waals surface area contributed by atoms with Gasteiger partial charge in [0.25, 0.3) is 0 Å². The number of furan rings is 1. The number of aromatic nitrogens is 2. The van der Waals surface area contributed by atoms with E-state index in [1.165, 1.54) is 23.3 Å². The van der Waals surface area contributed by atoms with Crippen molar-refractivity contribution in [1.82, 2.24) is 9.97 Å². The number of hydrogen-bond acceptors (Lipinski definition) is 6. The fourth-order valence-electron chi connectivity index (χ4n) is 2.87. The van der Waals surface area contributed by atoms with Gasteiger partial charge in [-0.05, 0) is 50.3 Å². The minimum atomic E-state index is 0.710. The van der Waals surface area contributed by atoms with Gasteiger partial charge in [0.05, 0.1) is 17.9 Å². The summed E-state index contributed by atoms with van der Waals surface area (Å²) in [6.07, 6.45) is 8.06. The molecule has 22 heavy (non-hydrogen) atoms. The SMILES string of the molecule is Cc1nc(N/N=C/c2ccco2)c2c3c(sc2n1)CCCC3. The second-order valence-corrected chi connectivity index (χ2v) is 6.48. The molecular formula is C16H16N4OS.